The molecule has 0 atom stereocenters. The molecule has 0 amide bonds. The molecule has 0 bridgehead atoms. The van der Waals surface area contributed by atoms with Crippen LogP contribution in [-0.2, 0) is 17.5 Å². The highest BCUT2D eigenvalue weighted by Crippen LogP contribution is 2.38. The van der Waals surface area contributed by atoms with Crippen molar-refractivity contribution >= 4 is 5.65 Å². The van der Waals surface area contributed by atoms with Crippen LogP contribution in [0.3, 0.4) is 0 Å². The normalized spacial score (nSPS) is 12.2. The van der Waals surface area contributed by atoms with E-state index in [-0.39, 0.29) is 35.2 Å². The summed E-state index contributed by atoms with van der Waals surface area (Å²) in [5.74, 6) is 0.518. The maximum Gasteiger partial charge on any atom is 0.435 e. The van der Waals surface area contributed by atoms with Gasteiger partial charge in [-0.05, 0) is 12.5 Å². The van der Waals surface area contributed by atoms with Gasteiger partial charge in [-0.25, -0.2) is 4.98 Å². The minimum atomic E-state index is -4.76. The van der Waals surface area contributed by atoms with E-state index in [4.69, 9.17) is 9.15 Å². The number of aryl methyl sites for hydroxylation is 1. The minimum absolute atomic E-state index is 0.00622. The number of methoxy groups -OCH3 is 1. The summed E-state index contributed by atoms with van der Waals surface area (Å²) in [6.07, 6.45) is -4.76. The summed E-state index contributed by atoms with van der Waals surface area (Å²) >= 11 is 0. The van der Waals surface area contributed by atoms with Gasteiger partial charge >= 0.3 is 6.18 Å². The van der Waals surface area contributed by atoms with Crippen LogP contribution >= 0.6 is 0 Å². The first-order valence-corrected chi connectivity index (χ1v) is 9.90. The molecule has 0 radical (unpaired) electrons. The van der Waals surface area contributed by atoms with Crippen LogP contribution in [0.2, 0.25) is 0 Å². The smallest absolute Gasteiger partial charge is 0.435 e. The number of benzene rings is 1. The number of nitrogens with zero attached hydrogens (tertiary/aromatic N) is 3. The number of alkyl halides is 3. The zero-order valence-electron chi connectivity index (χ0n) is 17.9. The second-order valence-corrected chi connectivity index (χ2v) is 7.70. The van der Waals surface area contributed by atoms with Crippen molar-refractivity contribution in [2.24, 2.45) is 0 Å². The van der Waals surface area contributed by atoms with Gasteiger partial charge in [-0.1, -0.05) is 44.2 Å². The lowest BCUT2D eigenvalue weighted by molar-refractivity contribution is -0.140. The molecule has 4 aromatic rings. The Morgan fingerprint density at radius 2 is 1.88 bits per heavy atom. The number of hydrogen-bond donors (Lipinski definition) is 1. The van der Waals surface area contributed by atoms with Crippen LogP contribution in [0.25, 0.3) is 28.2 Å². The van der Waals surface area contributed by atoms with Crippen molar-refractivity contribution in [2.45, 2.75) is 39.5 Å². The molecule has 0 spiro atoms. The molecular weight excluding hydrogens is 425 g/mol. The van der Waals surface area contributed by atoms with Gasteiger partial charge in [-0.3, -0.25) is 4.79 Å². The lowest BCUT2D eigenvalue weighted by Gasteiger charge is -2.07. The molecule has 0 aliphatic rings. The number of fused-ring (bicyclic) bond motifs is 1. The van der Waals surface area contributed by atoms with Crippen molar-refractivity contribution in [3.63, 3.8) is 0 Å². The molecule has 0 saturated carbocycles. The van der Waals surface area contributed by atoms with E-state index >= 15 is 0 Å². The van der Waals surface area contributed by atoms with E-state index in [0.717, 1.165) is 4.52 Å². The molecule has 0 aliphatic heterocycles. The topological polar surface area (TPSA) is 85.4 Å². The van der Waals surface area contributed by atoms with Crippen molar-refractivity contribution in [3.8, 4) is 22.6 Å². The Kier molecular flexibility index (Phi) is 5.41. The Labute approximate surface area is 180 Å². The fraction of sp³-hybridized carbons (Fsp3) is 0.318. The van der Waals surface area contributed by atoms with Crippen molar-refractivity contribution in [1.29, 1.82) is 0 Å². The molecule has 4 rings (SSSR count). The predicted octanol–water partition coefficient (Wildman–Crippen LogP) is 4.94. The summed E-state index contributed by atoms with van der Waals surface area (Å²) < 4.78 is 53.2. The largest absolute Gasteiger partial charge is 0.440 e. The summed E-state index contributed by atoms with van der Waals surface area (Å²) in [5, 5.41) is 3.64. The molecule has 1 N–H and O–H groups in total. The molecule has 0 fully saturated rings. The zero-order chi connectivity index (χ0) is 23.2. The third-order valence-electron chi connectivity index (χ3n) is 5.05. The maximum atomic E-state index is 13.8. The summed E-state index contributed by atoms with van der Waals surface area (Å²) in [5.41, 5.74) is -1.02. The van der Waals surface area contributed by atoms with Crippen molar-refractivity contribution in [1.82, 2.24) is 19.6 Å². The number of hydrogen-bond acceptors (Lipinski definition) is 5. The predicted molar refractivity (Wildman–Crippen MR) is 111 cm³/mol. The highest BCUT2D eigenvalue weighted by Gasteiger charge is 2.39. The Morgan fingerprint density at radius 3 is 2.47 bits per heavy atom. The van der Waals surface area contributed by atoms with Crippen LogP contribution in [0.5, 0.6) is 0 Å². The van der Waals surface area contributed by atoms with Crippen LogP contribution in [0.1, 0.15) is 42.6 Å². The Bertz CT molecular complexity index is 1330. The van der Waals surface area contributed by atoms with Crippen molar-refractivity contribution in [3.05, 3.63) is 63.5 Å². The standard InChI is InChI=1S/C22H21F3N4O3/c1-11(2)17-14(10-31-4)27-20(32-17)15-12(3)26-19-16(13-8-6-5-7-9-13)18(22(23,24)25)28-29(19)21(15)30/h5-9,11,26H,10H2,1-4H3. The summed E-state index contributed by atoms with van der Waals surface area (Å²) in [6.45, 7) is 5.56. The van der Waals surface area contributed by atoms with Gasteiger partial charge in [-0.2, -0.15) is 22.8 Å². The summed E-state index contributed by atoms with van der Waals surface area (Å²) in [7, 11) is 1.51. The van der Waals surface area contributed by atoms with E-state index in [2.05, 4.69) is 15.1 Å². The van der Waals surface area contributed by atoms with Gasteiger partial charge in [0, 0.05) is 18.7 Å². The highest BCUT2D eigenvalue weighted by molar-refractivity contribution is 5.81. The number of rotatable bonds is 5. The van der Waals surface area contributed by atoms with Gasteiger partial charge < -0.3 is 14.1 Å². The Hall–Kier alpha value is -3.40. The van der Waals surface area contributed by atoms with Gasteiger partial charge in [0.2, 0.25) is 5.89 Å². The average molecular weight is 446 g/mol. The number of ether oxygens (including phenoxy) is 1. The zero-order valence-corrected chi connectivity index (χ0v) is 17.9. The van der Waals surface area contributed by atoms with Gasteiger partial charge in [0.15, 0.2) is 5.69 Å². The quantitative estimate of drug-likeness (QED) is 0.469. The molecule has 1 aromatic carbocycles. The van der Waals surface area contributed by atoms with Crippen LogP contribution in [-0.4, -0.2) is 26.7 Å². The third kappa shape index (κ3) is 3.60. The van der Waals surface area contributed by atoms with Gasteiger partial charge in [0.25, 0.3) is 5.56 Å². The number of aromatic amines is 1. The first-order chi connectivity index (χ1) is 15.1. The monoisotopic (exact) mass is 446 g/mol. The van der Waals surface area contributed by atoms with E-state index in [9.17, 15) is 18.0 Å². The maximum absolute atomic E-state index is 13.8. The van der Waals surface area contributed by atoms with E-state index in [1.165, 1.54) is 19.2 Å². The number of halogens is 3. The van der Waals surface area contributed by atoms with Gasteiger partial charge in [0.05, 0.1) is 12.2 Å². The average Bonchev–Trinajstić information content (AvgIpc) is 3.31. The third-order valence-corrected chi connectivity index (χ3v) is 5.05. The highest BCUT2D eigenvalue weighted by atomic mass is 19.4. The molecule has 32 heavy (non-hydrogen) atoms. The second kappa shape index (κ2) is 7.94. The molecule has 0 saturated heterocycles. The molecule has 10 heteroatoms. The van der Waals surface area contributed by atoms with Crippen LogP contribution < -0.4 is 5.56 Å². The lowest BCUT2D eigenvalue weighted by Crippen LogP contribution is -2.20. The van der Waals surface area contributed by atoms with Crippen LogP contribution in [0.15, 0.2) is 39.5 Å². The van der Waals surface area contributed by atoms with E-state index < -0.39 is 17.4 Å². The van der Waals surface area contributed by atoms with E-state index in [1.54, 1.807) is 25.1 Å². The number of aromatic nitrogens is 4. The minimum Gasteiger partial charge on any atom is -0.440 e. The Balaban J connectivity index is 2.02. The fourth-order valence-electron chi connectivity index (χ4n) is 3.68. The molecular formula is C22H21F3N4O3. The molecule has 0 aliphatic carbocycles. The SMILES string of the molecule is COCc1nc(-c2c(C)[nH]c3c(-c4ccccc4)c(C(F)(F)F)nn3c2=O)oc1C(C)C. The lowest BCUT2D eigenvalue weighted by atomic mass is 10.1. The Morgan fingerprint density at radius 1 is 1.19 bits per heavy atom. The molecule has 0 unspecified atom stereocenters. The first-order valence-electron chi connectivity index (χ1n) is 9.90. The number of H-pyrrole nitrogens is 1. The fourth-order valence-corrected chi connectivity index (χ4v) is 3.68. The van der Waals surface area contributed by atoms with Crippen molar-refractivity contribution < 1.29 is 22.3 Å². The van der Waals surface area contributed by atoms with E-state index in [0.29, 0.717) is 22.7 Å². The number of nitrogens with one attached hydrogen (secondary N) is 1. The molecule has 3 heterocycles. The summed E-state index contributed by atoms with van der Waals surface area (Å²) in [6, 6.07) is 8.01. The summed E-state index contributed by atoms with van der Waals surface area (Å²) in [4.78, 5) is 20.6. The molecule has 3 aromatic heterocycles. The van der Waals surface area contributed by atoms with Gasteiger partial charge in [0.1, 0.15) is 22.7 Å². The molecule has 7 nitrogen and oxygen atoms in total. The first kappa shape index (κ1) is 21.8. The van der Waals surface area contributed by atoms with E-state index in [1.807, 2.05) is 13.8 Å². The van der Waals surface area contributed by atoms with Crippen molar-refractivity contribution in [2.75, 3.05) is 7.11 Å². The number of oxazole rings is 1. The van der Waals surface area contributed by atoms with Gasteiger partial charge in [-0.15, -0.1) is 0 Å². The van der Waals surface area contributed by atoms with Crippen LogP contribution in [0, 0.1) is 6.92 Å². The van der Waals surface area contributed by atoms with Crippen LogP contribution in [0.4, 0.5) is 13.2 Å². The molecule has 168 valence electrons. The second-order valence-electron chi connectivity index (χ2n) is 7.70.